The van der Waals surface area contributed by atoms with Gasteiger partial charge in [-0.3, -0.25) is 9.67 Å². The fraction of sp³-hybridized carbons (Fsp3) is 0.400. The molecular formula is C10H14N4. The van der Waals surface area contributed by atoms with Gasteiger partial charge in [0.1, 0.15) is 11.2 Å². The zero-order chi connectivity index (χ0) is 10.1. The number of pyridine rings is 1. The molecule has 0 aliphatic heterocycles. The van der Waals surface area contributed by atoms with Crippen LogP contribution in [0, 0.1) is 0 Å². The largest absolute Gasteiger partial charge is 0.325 e. The molecule has 0 aromatic carbocycles. The Labute approximate surface area is 82.7 Å². The fourth-order valence-electron chi connectivity index (χ4n) is 1.58. The van der Waals surface area contributed by atoms with Gasteiger partial charge in [0.2, 0.25) is 0 Å². The molecule has 0 bridgehead atoms. The van der Waals surface area contributed by atoms with Crippen LogP contribution in [-0.2, 0) is 20.0 Å². The molecule has 0 atom stereocenters. The minimum atomic E-state index is 0.440. The Hall–Kier alpha value is -1.42. The van der Waals surface area contributed by atoms with Crippen molar-refractivity contribution in [2.45, 2.75) is 19.9 Å². The van der Waals surface area contributed by atoms with Crippen LogP contribution in [0.1, 0.15) is 18.2 Å². The molecule has 0 saturated carbocycles. The van der Waals surface area contributed by atoms with Crippen molar-refractivity contribution < 1.29 is 0 Å². The van der Waals surface area contributed by atoms with E-state index in [4.69, 9.17) is 5.73 Å². The number of nitrogens with two attached hydrogens (primary N) is 1. The van der Waals surface area contributed by atoms with Crippen LogP contribution < -0.4 is 5.73 Å². The molecule has 0 saturated heterocycles. The third kappa shape index (κ3) is 1.28. The average molecular weight is 190 g/mol. The topological polar surface area (TPSA) is 56.7 Å². The maximum Gasteiger partial charge on any atom is 0.113 e. The molecule has 0 spiro atoms. The average Bonchev–Trinajstić information content (AvgIpc) is 2.55. The summed E-state index contributed by atoms with van der Waals surface area (Å²) in [5.74, 6) is 0. The number of fused-ring (bicyclic) bond motifs is 1. The number of aryl methyl sites for hydroxylation is 2. The van der Waals surface area contributed by atoms with Gasteiger partial charge in [-0.15, -0.1) is 0 Å². The Bertz CT molecular complexity index is 458. The van der Waals surface area contributed by atoms with Crippen molar-refractivity contribution in [2.24, 2.45) is 12.8 Å². The molecule has 0 unspecified atom stereocenters. The van der Waals surface area contributed by atoms with Gasteiger partial charge in [-0.05, 0) is 18.1 Å². The van der Waals surface area contributed by atoms with Crippen molar-refractivity contribution in [1.29, 1.82) is 0 Å². The summed E-state index contributed by atoms with van der Waals surface area (Å²) in [6.45, 7) is 2.55. The molecule has 74 valence electrons. The lowest BCUT2D eigenvalue weighted by Crippen LogP contribution is -1.99. The summed E-state index contributed by atoms with van der Waals surface area (Å²) >= 11 is 0. The Kier molecular flexibility index (Phi) is 2.21. The van der Waals surface area contributed by atoms with Crippen LogP contribution in [0.25, 0.3) is 11.0 Å². The zero-order valence-corrected chi connectivity index (χ0v) is 8.49. The number of hydrogen-bond donors (Lipinski definition) is 1. The summed E-state index contributed by atoms with van der Waals surface area (Å²) < 4.78 is 1.84. The van der Waals surface area contributed by atoms with Gasteiger partial charge in [0.15, 0.2) is 0 Å². The van der Waals surface area contributed by atoms with Crippen molar-refractivity contribution in [3.8, 4) is 0 Å². The minimum Gasteiger partial charge on any atom is -0.325 e. The Morgan fingerprint density at radius 2 is 2.29 bits per heavy atom. The smallest absolute Gasteiger partial charge is 0.113 e. The molecule has 2 aromatic rings. The zero-order valence-electron chi connectivity index (χ0n) is 8.49. The lowest BCUT2D eigenvalue weighted by atomic mass is 10.2. The SMILES string of the molecule is CCc1cnc2c(CN)nn(C)c2c1. The van der Waals surface area contributed by atoms with Crippen molar-refractivity contribution >= 4 is 11.0 Å². The van der Waals surface area contributed by atoms with E-state index in [0.717, 1.165) is 23.1 Å². The number of hydrogen-bond acceptors (Lipinski definition) is 3. The summed E-state index contributed by atoms with van der Waals surface area (Å²) in [4.78, 5) is 4.38. The predicted molar refractivity (Wildman–Crippen MR) is 55.8 cm³/mol. The van der Waals surface area contributed by atoms with Gasteiger partial charge in [-0.2, -0.15) is 5.10 Å². The Morgan fingerprint density at radius 3 is 2.93 bits per heavy atom. The van der Waals surface area contributed by atoms with E-state index in [2.05, 4.69) is 23.1 Å². The lowest BCUT2D eigenvalue weighted by Gasteiger charge is -1.97. The van der Waals surface area contributed by atoms with Crippen LogP contribution in [0.3, 0.4) is 0 Å². The molecule has 0 aliphatic rings. The summed E-state index contributed by atoms with van der Waals surface area (Å²) in [7, 11) is 1.92. The van der Waals surface area contributed by atoms with Gasteiger partial charge in [-0.25, -0.2) is 0 Å². The molecule has 14 heavy (non-hydrogen) atoms. The maximum atomic E-state index is 5.58. The molecule has 0 aliphatic carbocycles. The number of aromatic nitrogens is 3. The highest BCUT2D eigenvalue weighted by molar-refractivity contribution is 5.77. The van der Waals surface area contributed by atoms with Crippen LogP contribution in [-0.4, -0.2) is 14.8 Å². The third-order valence-electron chi connectivity index (χ3n) is 2.42. The number of rotatable bonds is 2. The van der Waals surface area contributed by atoms with Gasteiger partial charge in [0.05, 0.1) is 5.52 Å². The van der Waals surface area contributed by atoms with Crippen LogP contribution in [0.15, 0.2) is 12.3 Å². The second kappa shape index (κ2) is 3.38. The maximum absolute atomic E-state index is 5.58. The molecule has 0 fully saturated rings. The molecule has 0 amide bonds. The summed E-state index contributed by atoms with van der Waals surface area (Å²) in [6.07, 6.45) is 2.88. The molecule has 2 rings (SSSR count). The summed E-state index contributed by atoms with van der Waals surface area (Å²) in [5.41, 5.74) is 9.66. The molecule has 4 nitrogen and oxygen atoms in total. The van der Waals surface area contributed by atoms with E-state index in [9.17, 15) is 0 Å². The van der Waals surface area contributed by atoms with E-state index in [0.29, 0.717) is 6.54 Å². The summed E-state index contributed by atoms with van der Waals surface area (Å²) in [6, 6.07) is 2.12. The van der Waals surface area contributed by atoms with Crippen molar-refractivity contribution in [2.75, 3.05) is 0 Å². The van der Waals surface area contributed by atoms with Gasteiger partial charge < -0.3 is 5.73 Å². The highest BCUT2D eigenvalue weighted by atomic mass is 15.3. The molecule has 0 radical (unpaired) electrons. The molecule has 2 aromatic heterocycles. The first-order valence-corrected chi connectivity index (χ1v) is 4.76. The second-order valence-electron chi connectivity index (χ2n) is 3.34. The van der Waals surface area contributed by atoms with Crippen LogP contribution in [0.2, 0.25) is 0 Å². The second-order valence-corrected chi connectivity index (χ2v) is 3.34. The van der Waals surface area contributed by atoms with Crippen LogP contribution >= 0.6 is 0 Å². The molecule has 2 N–H and O–H groups in total. The van der Waals surface area contributed by atoms with Crippen LogP contribution in [0.5, 0.6) is 0 Å². The normalized spacial score (nSPS) is 11.1. The van der Waals surface area contributed by atoms with Gasteiger partial charge in [0, 0.05) is 19.8 Å². The molecule has 2 heterocycles. The van der Waals surface area contributed by atoms with E-state index in [-0.39, 0.29) is 0 Å². The lowest BCUT2D eigenvalue weighted by molar-refractivity contribution is 0.765. The molecular weight excluding hydrogens is 176 g/mol. The van der Waals surface area contributed by atoms with Crippen LogP contribution in [0.4, 0.5) is 0 Å². The minimum absolute atomic E-state index is 0.440. The Balaban J connectivity index is 2.70. The van der Waals surface area contributed by atoms with E-state index in [1.807, 2.05) is 17.9 Å². The van der Waals surface area contributed by atoms with E-state index in [1.165, 1.54) is 5.56 Å². The first-order chi connectivity index (χ1) is 6.76. The monoisotopic (exact) mass is 190 g/mol. The number of nitrogens with zero attached hydrogens (tertiary/aromatic N) is 3. The summed E-state index contributed by atoms with van der Waals surface area (Å²) in [5, 5.41) is 4.31. The van der Waals surface area contributed by atoms with E-state index >= 15 is 0 Å². The highest BCUT2D eigenvalue weighted by Gasteiger charge is 2.08. The van der Waals surface area contributed by atoms with Gasteiger partial charge >= 0.3 is 0 Å². The Morgan fingerprint density at radius 1 is 1.50 bits per heavy atom. The van der Waals surface area contributed by atoms with E-state index < -0.39 is 0 Å². The third-order valence-corrected chi connectivity index (χ3v) is 2.42. The van der Waals surface area contributed by atoms with Gasteiger partial charge in [0.25, 0.3) is 0 Å². The van der Waals surface area contributed by atoms with Crippen molar-refractivity contribution in [3.05, 3.63) is 23.5 Å². The fourth-order valence-corrected chi connectivity index (χ4v) is 1.58. The first-order valence-electron chi connectivity index (χ1n) is 4.76. The van der Waals surface area contributed by atoms with E-state index in [1.54, 1.807) is 0 Å². The van der Waals surface area contributed by atoms with Crippen molar-refractivity contribution in [1.82, 2.24) is 14.8 Å². The highest BCUT2D eigenvalue weighted by Crippen LogP contribution is 2.16. The van der Waals surface area contributed by atoms with Crippen molar-refractivity contribution in [3.63, 3.8) is 0 Å². The predicted octanol–water partition coefficient (Wildman–Crippen LogP) is 0.989. The van der Waals surface area contributed by atoms with Gasteiger partial charge in [-0.1, -0.05) is 6.92 Å². The quantitative estimate of drug-likeness (QED) is 0.768. The first kappa shape index (κ1) is 9.15. The molecule has 4 heteroatoms. The standard InChI is InChI=1S/C10H14N4/c1-3-7-4-9-10(12-6-7)8(5-11)13-14(9)2/h4,6H,3,5,11H2,1-2H3.